The Morgan fingerprint density at radius 2 is 1.84 bits per heavy atom. The Balaban J connectivity index is 1.32. The van der Waals surface area contributed by atoms with Gasteiger partial charge in [-0.05, 0) is 92.6 Å². The lowest BCUT2D eigenvalue weighted by Crippen LogP contribution is -2.56. The molecule has 4 aliphatic carbocycles. The van der Waals surface area contributed by atoms with Gasteiger partial charge < -0.3 is 10.1 Å². The third-order valence-corrected chi connectivity index (χ3v) is 7.76. The fraction of sp³-hybridized carbons (Fsp3) is 0.700. The van der Waals surface area contributed by atoms with Gasteiger partial charge in [-0.1, -0.05) is 0 Å². The largest absolute Gasteiger partial charge is 0.451 e. The first-order valence-corrected chi connectivity index (χ1v) is 10.3. The number of nitrogens with one attached hydrogen (secondary N) is 1. The van der Waals surface area contributed by atoms with Crippen LogP contribution in [0, 0.1) is 30.1 Å². The molecule has 5 heteroatoms. The van der Waals surface area contributed by atoms with Crippen molar-refractivity contribution in [3.8, 4) is 0 Å². The molecule has 1 aromatic rings. The molecule has 1 atom stereocenters. The van der Waals surface area contributed by atoms with Gasteiger partial charge in [0.1, 0.15) is 4.88 Å². The van der Waals surface area contributed by atoms with Crippen LogP contribution in [-0.4, -0.2) is 24.5 Å². The van der Waals surface area contributed by atoms with E-state index in [2.05, 4.69) is 12.2 Å². The Bertz CT molecular complexity index is 645. The van der Waals surface area contributed by atoms with Crippen LogP contribution >= 0.6 is 11.3 Å². The summed E-state index contributed by atoms with van der Waals surface area (Å²) in [5.41, 5.74) is 1.18. The first kappa shape index (κ1) is 17.1. The Morgan fingerprint density at radius 1 is 1.24 bits per heavy atom. The number of hydrogen-bond acceptors (Lipinski definition) is 4. The molecule has 4 fully saturated rings. The van der Waals surface area contributed by atoms with Gasteiger partial charge >= 0.3 is 5.97 Å². The van der Waals surface area contributed by atoms with Crippen LogP contribution in [0.5, 0.6) is 0 Å². The van der Waals surface area contributed by atoms with E-state index in [1.165, 1.54) is 49.9 Å². The van der Waals surface area contributed by atoms with Crippen molar-refractivity contribution in [3.63, 3.8) is 0 Å². The summed E-state index contributed by atoms with van der Waals surface area (Å²) in [4.78, 5) is 25.0. The topological polar surface area (TPSA) is 55.4 Å². The average molecular weight is 362 g/mol. The molecule has 1 heterocycles. The molecular formula is C20H27NO3S. The maximum absolute atomic E-state index is 12.3. The summed E-state index contributed by atoms with van der Waals surface area (Å²) >= 11 is 1.36. The highest BCUT2D eigenvalue weighted by molar-refractivity contribution is 7.12. The second kappa shape index (κ2) is 6.42. The predicted molar refractivity (Wildman–Crippen MR) is 97.5 cm³/mol. The number of amides is 1. The molecular weight excluding hydrogens is 334 g/mol. The number of aryl methyl sites for hydroxylation is 1. The zero-order chi connectivity index (χ0) is 17.6. The Labute approximate surface area is 153 Å². The number of esters is 1. The molecule has 25 heavy (non-hydrogen) atoms. The summed E-state index contributed by atoms with van der Waals surface area (Å²) in [5.74, 6) is 2.02. The van der Waals surface area contributed by atoms with Crippen LogP contribution in [0.2, 0.25) is 0 Å². The van der Waals surface area contributed by atoms with Crippen LogP contribution in [0.15, 0.2) is 11.4 Å². The number of carbonyl (C=O) groups is 2. The quantitative estimate of drug-likeness (QED) is 0.809. The molecule has 5 rings (SSSR count). The number of carbonyl (C=O) groups excluding carboxylic acids is 2. The highest BCUT2D eigenvalue weighted by Gasteiger charge is 2.53. The van der Waals surface area contributed by atoms with Gasteiger partial charge in [0.15, 0.2) is 6.61 Å². The summed E-state index contributed by atoms with van der Waals surface area (Å²) in [7, 11) is 0. The second-order valence-corrected chi connectivity index (χ2v) is 9.49. The highest BCUT2D eigenvalue weighted by Crippen LogP contribution is 2.61. The van der Waals surface area contributed by atoms with Crippen LogP contribution in [0.3, 0.4) is 0 Å². The van der Waals surface area contributed by atoms with Crippen molar-refractivity contribution in [2.24, 2.45) is 23.2 Å². The SMILES string of the molecule is Cc1ccsc1C(=O)OCC(=O)N[C@@H](C)C12CC3CC(CC(C3)C1)C2. The second-order valence-electron chi connectivity index (χ2n) is 8.58. The lowest BCUT2D eigenvalue weighted by Gasteiger charge is -2.59. The van der Waals surface area contributed by atoms with Gasteiger partial charge in [0.2, 0.25) is 0 Å². The maximum atomic E-state index is 12.3. The van der Waals surface area contributed by atoms with Gasteiger partial charge in [-0.15, -0.1) is 11.3 Å². The molecule has 4 bridgehead atoms. The monoisotopic (exact) mass is 361 g/mol. The van der Waals surface area contributed by atoms with Crippen molar-refractivity contribution in [2.45, 2.75) is 58.4 Å². The van der Waals surface area contributed by atoms with E-state index in [0.29, 0.717) is 4.88 Å². The van der Waals surface area contributed by atoms with Gasteiger partial charge in [-0.3, -0.25) is 4.79 Å². The molecule has 4 aliphatic rings. The summed E-state index contributed by atoms with van der Waals surface area (Å²) in [5, 5.41) is 5.00. The summed E-state index contributed by atoms with van der Waals surface area (Å²) in [6, 6.07) is 2.05. The van der Waals surface area contributed by atoms with Crippen molar-refractivity contribution in [1.29, 1.82) is 0 Å². The zero-order valence-electron chi connectivity index (χ0n) is 15.0. The lowest BCUT2D eigenvalue weighted by molar-refractivity contribution is -0.128. The molecule has 4 nitrogen and oxygen atoms in total. The molecule has 1 amide bonds. The van der Waals surface area contributed by atoms with Crippen LogP contribution in [-0.2, 0) is 9.53 Å². The minimum absolute atomic E-state index is 0.163. The molecule has 0 aliphatic heterocycles. The predicted octanol–water partition coefficient (Wildman–Crippen LogP) is 3.93. The van der Waals surface area contributed by atoms with Crippen molar-refractivity contribution in [3.05, 3.63) is 21.9 Å². The summed E-state index contributed by atoms with van der Waals surface area (Å²) in [6.45, 7) is 3.84. The van der Waals surface area contributed by atoms with Crippen molar-refractivity contribution < 1.29 is 14.3 Å². The van der Waals surface area contributed by atoms with E-state index in [1.807, 2.05) is 18.4 Å². The molecule has 136 valence electrons. The van der Waals surface area contributed by atoms with E-state index in [-0.39, 0.29) is 24.0 Å². The molecule has 1 aromatic heterocycles. The number of rotatable bonds is 5. The van der Waals surface area contributed by atoms with Crippen LogP contribution in [0.25, 0.3) is 0 Å². The number of ether oxygens (including phenoxy) is 1. The van der Waals surface area contributed by atoms with E-state index in [4.69, 9.17) is 4.74 Å². The molecule has 0 radical (unpaired) electrons. The van der Waals surface area contributed by atoms with Gasteiger partial charge in [0, 0.05) is 6.04 Å². The molecule has 0 spiro atoms. The molecule has 0 aromatic carbocycles. The summed E-state index contributed by atoms with van der Waals surface area (Å²) < 4.78 is 5.21. The summed E-state index contributed by atoms with van der Waals surface area (Å²) in [6.07, 6.45) is 7.98. The maximum Gasteiger partial charge on any atom is 0.349 e. The van der Waals surface area contributed by atoms with E-state index in [9.17, 15) is 9.59 Å². The minimum atomic E-state index is -0.398. The van der Waals surface area contributed by atoms with Crippen LogP contribution in [0.1, 0.15) is 60.7 Å². The van der Waals surface area contributed by atoms with E-state index < -0.39 is 5.97 Å². The highest BCUT2D eigenvalue weighted by atomic mass is 32.1. The fourth-order valence-electron chi connectivity index (χ4n) is 5.92. The van der Waals surface area contributed by atoms with Gasteiger partial charge in [-0.25, -0.2) is 4.79 Å². The number of thiophene rings is 1. The van der Waals surface area contributed by atoms with E-state index in [0.717, 1.165) is 23.3 Å². The van der Waals surface area contributed by atoms with Gasteiger partial charge in [0.05, 0.1) is 0 Å². The van der Waals surface area contributed by atoms with E-state index in [1.54, 1.807) is 0 Å². The molecule has 0 saturated heterocycles. The first-order valence-electron chi connectivity index (χ1n) is 9.46. The standard InChI is InChI=1S/C20H27NO3S/c1-12-3-4-25-18(12)19(23)24-11-17(22)21-13(2)20-8-14-5-15(9-20)7-16(6-14)10-20/h3-4,13-16H,5-11H2,1-2H3,(H,21,22)/t13-,14?,15?,16?,20?/m0/s1. The van der Waals surface area contributed by atoms with E-state index >= 15 is 0 Å². The van der Waals surface area contributed by atoms with Gasteiger partial charge in [0.25, 0.3) is 5.91 Å². The van der Waals surface area contributed by atoms with Gasteiger partial charge in [-0.2, -0.15) is 0 Å². The Hall–Kier alpha value is -1.36. The molecule has 4 saturated carbocycles. The smallest absolute Gasteiger partial charge is 0.349 e. The third-order valence-electron chi connectivity index (χ3n) is 6.76. The Morgan fingerprint density at radius 3 is 2.36 bits per heavy atom. The van der Waals surface area contributed by atoms with Crippen molar-refractivity contribution >= 4 is 23.2 Å². The normalized spacial score (nSPS) is 33.9. The van der Waals surface area contributed by atoms with Crippen molar-refractivity contribution in [1.82, 2.24) is 5.32 Å². The third kappa shape index (κ3) is 3.23. The minimum Gasteiger partial charge on any atom is -0.451 e. The van der Waals surface area contributed by atoms with Crippen molar-refractivity contribution in [2.75, 3.05) is 6.61 Å². The average Bonchev–Trinajstić information content (AvgIpc) is 2.97. The lowest BCUT2D eigenvalue weighted by atomic mass is 9.48. The zero-order valence-corrected chi connectivity index (χ0v) is 15.9. The molecule has 0 unspecified atom stereocenters. The Kier molecular flexibility index (Phi) is 4.38. The van der Waals surface area contributed by atoms with Crippen LogP contribution in [0.4, 0.5) is 0 Å². The first-order chi connectivity index (χ1) is 11.9. The number of hydrogen-bond donors (Lipinski definition) is 1. The van der Waals surface area contributed by atoms with Crippen LogP contribution < -0.4 is 5.32 Å². The fourth-order valence-corrected chi connectivity index (χ4v) is 6.74. The molecule has 1 N–H and O–H groups in total.